The van der Waals surface area contributed by atoms with Crippen LogP contribution in [0.3, 0.4) is 0 Å². The van der Waals surface area contributed by atoms with Crippen molar-refractivity contribution < 1.29 is 29.0 Å². The van der Waals surface area contributed by atoms with Gasteiger partial charge < -0.3 is 24.8 Å². The Labute approximate surface area is 155 Å². The Morgan fingerprint density at radius 3 is 2.15 bits per heavy atom. The van der Waals surface area contributed by atoms with Crippen LogP contribution in [0.15, 0.2) is 0 Å². The molecule has 2 N–H and O–H groups in total. The number of alkyl carbamates (subject to hydrolysis) is 1. The first-order valence-corrected chi connectivity index (χ1v) is 8.92. The van der Waals surface area contributed by atoms with Gasteiger partial charge in [-0.05, 0) is 61.3 Å². The molecule has 150 valence electrons. The van der Waals surface area contributed by atoms with Crippen molar-refractivity contribution in [2.24, 2.45) is 0 Å². The predicted octanol–water partition coefficient (Wildman–Crippen LogP) is 2.16. The van der Waals surface area contributed by atoms with Gasteiger partial charge in [-0.25, -0.2) is 9.59 Å². The zero-order valence-corrected chi connectivity index (χ0v) is 16.8. The van der Waals surface area contributed by atoms with E-state index in [1.54, 1.807) is 27.7 Å². The molecule has 8 nitrogen and oxygen atoms in total. The lowest BCUT2D eigenvalue weighted by Crippen LogP contribution is -2.57. The van der Waals surface area contributed by atoms with Crippen LogP contribution in [0.25, 0.3) is 0 Å². The van der Waals surface area contributed by atoms with Gasteiger partial charge in [0.1, 0.15) is 17.7 Å². The van der Waals surface area contributed by atoms with Crippen LogP contribution in [0.4, 0.5) is 4.79 Å². The minimum Gasteiger partial charge on any atom is -0.480 e. The van der Waals surface area contributed by atoms with Gasteiger partial charge in [0.15, 0.2) is 0 Å². The van der Waals surface area contributed by atoms with Crippen LogP contribution in [0, 0.1) is 0 Å². The van der Waals surface area contributed by atoms with E-state index >= 15 is 0 Å². The van der Waals surface area contributed by atoms with E-state index in [2.05, 4.69) is 5.32 Å². The summed E-state index contributed by atoms with van der Waals surface area (Å²) in [5, 5.41) is 11.9. The third-order valence-corrected chi connectivity index (χ3v) is 3.77. The average molecular weight is 372 g/mol. The van der Waals surface area contributed by atoms with Gasteiger partial charge in [0.05, 0.1) is 11.7 Å². The SMILES string of the molecule is CC(OC(C)(C)C)C(NC(=O)OC(C)(C)C)C(=O)N1CCC[C@H]1C(=O)O. The molecule has 1 heterocycles. The summed E-state index contributed by atoms with van der Waals surface area (Å²) in [5.41, 5.74) is -1.26. The van der Waals surface area contributed by atoms with Crippen molar-refractivity contribution in [2.45, 2.75) is 90.7 Å². The molecule has 0 aromatic heterocycles. The smallest absolute Gasteiger partial charge is 0.408 e. The Hall–Kier alpha value is -1.83. The van der Waals surface area contributed by atoms with E-state index in [1.165, 1.54) is 4.90 Å². The van der Waals surface area contributed by atoms with Crippen molar-refractivity contribution in [3.8, 4) is 0 Å². The number of likely N-dealkylation sites (tertiary alicyclic amines) is 1. The van der Waals surface area contributed by atoms with Crippen LogP contribution in [-0.4, -0.2) is 63.9 Å². The summed E-state index contributed by atoms with van der Waals surface area (Å²) in [7, 11) is 0. The van der Waals surface area contributed by atoms with Gasteiger partial charge in [0.25, 0.3) is 0 Å². The number of carbonyl (C=O) groups is 3. The highest BCUT2D eigenvalue weighted by atomic mass is 16.6. The number of amides is 2. The molecule has 26 heavy (non-hydrogen) atoms. The second-order valence-corrected chi connectivity index (χ2v) is 8.59. The summed E-state index contributed by atoms with van der Waals surface area (Å²) in [5.74, 6) is -1.52. The maximum atomic E-state index is 13.0. The number of nitrogens with zero attached hydrogens (tertiary/aromatic N) is 1. The van der Waals surface area contributed by atoms with Gasteiger partial charge in [0.2, 0.25) is 5.91 Å². The molecule has 0 aliphatic carbocycles. The van der Waals surface area contributed by atoms with Crippen molar-refractivity contribution in [3.63, 3.8) is 0 Å². The number of rotatable bonds is 5. The van der Waals surface area contributed by atoms with Gasteiger partial charge in [-0.15, -0.1) is 0 Å². The Morgan fingerprint density at radius 1 is 1.12 bits per heavy atom. The second kappa shape index (κ2) is 8.24. The van der Waals surface area contributed by atoms with Gasteiger partial charge in [-0.1, -0.05) is 0 Å². The number of ether oxygens (including phenoxy) is 2. The second-order valence-electron chi connectivity index (χ2n) is 8.59. The topological polar surface area (TPSA) is 105 Å². The quantitative estimate of drug-likeness (QED) is 0.766. The normalized spacial score (nSPS) is 20.4. The minimum atomic E-state index is -1.05. The molecule has 1 aliphatic rings. The number of nitrogens with one attached hydrogen (secondary N) is 1. The van der Waals surface area contributed by atoms with Crippen molar-refractivity contribution in [1.29, 1.82) is 0 Å². The average Bonchev–Trinajstić information content (AvgIpc) is 2.89. The van der Waals surface area contributed by atoms with Crippen molar-refractivity contribution in [3.05, 3.63) is 0 Å². The fourth-order valence-electron chi connectivity index (χ4n) is 2.91. The molecule has 1 rings (SSSR count). The first-order valence-electron chi connectivity index (χ1n) is 8.92. The number of carboxylic acids is 1. The molecule has 0 aromatic rings. The lowest BCUT2D eigenvalue weighted by atomic mass is 10.1. The molecule has 1 fully saturated rings. The molecule has 2 unspecified atom stereocenters. The van der Waals surface area contributed by atoms with Crippen molar-refractivity contribution in [2.75, 3.05) is 6.54 Å². The number of carboxylic acid groups (broad SMARTS) is 1. The van der Waals surface area contributed by atoms with E-state index in [-0.39, 0.29) is 0 Å². The van der Waals surface area contributed by atoms with E-state index in [4.69, 9.17) is 9.47 Å². The van der Waals surface area contributed by atoms with Crippen LogP contribution in [-0.2, 0) is 19.1 Å². The van der Waals surface area contributed by atoms with Gasteiger partial charge in [0, 0.05) is 6.54 Å². The molecule has 0 spiro atoms. The summed E-state index contributed by atoms with van der Waals surface area (Å²) in [4.78, 5) is 37.9. The molecule has 0 saturated carbocycles. The van der Waals surface area contributed by atoms with Crippen LogP contribution < -0.4 is 5.32 Å². The Bertz CT molecular complexity index is 535. The Morgan fingerprint density at radius 2 is 1.69 bits per heavy atom. The largest absolute Gasteiger partial charge is 0.480 e. The first kappa shape index (κ1) is 22.2. The summed E-state index contributed by atoms with van der Waals surface area (Å²) >= 11 is 0. The van der Waals surface area contributed by atoms with Gasteiger partial charge >= 0.3 is 12.1 Å². The number of hydrogen-bond acceptors (Lipinski definition) is 5. The molecule has 3 atom stereocenters. The van der Waals surface area contributed by atoms with Crippen molar-refractivity contribution >= 4 is 18.0 Å². The zero-order valence-electron chi connectivity index (χ0n) is 16.8. The summed E-state index contributed by atoms with van der Waals surface area (Å²) < 4.78 is 11.1. The molecule has 0 radical (unpaired) electrons. The van der Waals surface area contributed by atoms with Crippen LogP contribution in [0.2, 0.25) is 0 Å². The van der Waals surface area contributed by atoms with E-state index in [1.807, 2.05) is 20.8 Å². The zero-order chi connectivity index (χ0) is 20.3. The van der Waals surface area contributed by atoms with Crippen LogP contribution >= 0.6 is 0 Å². The summed E-state index contributed by atoms with van der Waals surface area (Å²) in [6.07, 6.45) is -0.401. The maximum Gasteiger partial charge on any atom is 0.408 e. The Kier molecular flexibility index (Phi) is 7.04. The standard InChI is InChI=1S/C18H32N2O6/c1-11(25-17(2,3)4)13(19-16(24)26-18(5,6)7)14(21)20-10-8-9-12(20)15(22)23/h11-13H,8-10H2,1-7H3,(H,19,24)(H,22,23)/t11?,12-,13?/m0/s1. The highest BCUT2D eigenvalue weighted by Gasteiger charge is 2.41. The third kappa shape index (κ3) is 6.82. The highest BCUT2D eigenvalue weighted by molar-refractivity contribution is 5.90. The lowest BCUT2D eigenvalue weighted by molar-refractivity contribution is -0.152. The maximum absolute atomic E-state index is 13.0. The number of hydrogen-bond donors (Lipinski definition) is 2. The molecular weight excluding hydrogens is 340 g/mol. The Balaban J connectivity index is 3.00. The molecular formula is C18H32N2O6. The van der Waals surface area contributed by atoms with Gasteiger partial charge in [-0.3, -0.25) is 4.79 Å². The van der Waals surface area contributed by atoms with Crippen LogP contribution in [0.5, 0.6) is 0 Å². The predicted molar refractivity (Wildman–Crippen MR) is 95.8 cm³/mol. The first-order chi connectivity index (χ1) is 11.7. The van der Waals surface area contributed by atoms with E-state index in [0.717, 1.165) is 0 Å². The number of aliphatic carboxylic acids is 1. The summed E-state index contributed by atoms with van der Waals surface area (Å²) in [6, 6.07) is -1.92. The molecule has 1 aliphatic heterocycles. The molecule has 1 saturated heterocycles. The van der Waals surface area contributed by atoms with Crippen LogP contribution in [0.1, 0.15) is 61.3 Å². The van der Waals surface area contributed by atoms with Crippen molar-refractivity contribution in [1.82, 2.24) is 10.2 Å². The highest BCUT2D eigenvalue weighted by Crippen LogP contribution is 2.21. The molecule has 0 bridgehead atoms. The van der Waals surface area contributed by atoms with E-state index in [9.17, 15) is 19.5 Å². The monoisotopic (exact) mass is 372 g/mol. The molecule has 8 heteroatoms. The molecule has 0 aromatic carbocycles. The number of carbonyl (C=O) groups excluding carboxylic acids is 2. The lowest BCUT2D eigenvalue weighted by Gasteiger charge is -2.34. The van der Waals surface area contributed by atoms with Gasteiger partial charge in [-0.2, -0.15) is 0 Å². The minimum absolute atomic E-state index is 0.338. The van der Waals surface area contributed by atoms with E-state index < -0.39 is 47.4 Å². The fourth-order valence-corrected chi connectivity index (χ4v) is 2.91. The fraction of sp³-hybridized carbons (Fsp3) is 0.833. The third-order valence-electron chi connectivity index (χ3n) is 3.77. The van der Waals surface area contributed by atoms with E-state index in [0.29, 0.717) is 19.4 Å². The summed E-state index contributed by atoms with van der Waals surface area (Å²) in [6.45, 7) is 12.7. The molecule has 2 amide bonds.